The molecule has 2 saturated heterocycles. The van der Waals surface area contributed by atoms with Crippen molar-refractivity contribution < 1.29 is 19.0 Å². The number of carbonyl (C=O) groups is 1. The van der Waals surface area contributed by atoms with E-state index in [0.717, 1.165) is 5.56 Å². The van der Waals surface area contributed by atoms with Gasteiger partial charge in [-0.3, -0.25) is 0 Å². The van der Waals surface area contributed by atoms with E-state index in [1.165, 1.54) is 0 Å². The van der Waals surface area contributed by atoms with Crippen LogP contribution in [0.15, 0.2) is 30.3 Å². The van der Waals surface area contributed by atoms with Crippen molar-refractivity contribution in [3.63, 3.8) is 0 Å². The number of amides is 1. The molecule has 2 fully saturated rings. The zero-order valence-corrected chi connectivity index (χ0v) is 14.1. The Balaban J connectivity index is 1.56. The van der Waals surface area contributed by atoms with Crippen LogP contribution in [0.3, 0.4) is 0 Å². The molecule has 0 bridgehead atoms. The Hall–Kier alpha value is -1.59. The van der Waals surface area contributed by atoms with Gasteiger partial charge in [0.1, 0.15) is 11.7 Å². The highest BCUT2D eigenvalue weighted by Crippen LogP contribution is 2.40. The van der Waals surface area contributed by atoms with Crippen molar-refractivity contribution in [2.24, 2.45) is 0 Å². The van der Waals surface area contributed by atoms with Gasteiger partial charge in [-0.15, -0.1) is 0 Å². The summed E-state index contributed by atoms with van der Waals surface area (Å²) in [5.74, 6) is -0.557. The molecule has 5 heteroatoms. The molecule has 1 spiro atoms. The van der Waals surface area contributed by atoms with E-state index in [2.05, 4.69) is 12.1 Å². The number of rotatable bonds is 1. The topological polar surface area (TPSA) is 48.0 Å². The van der Waals surface area contributed by atoms with Crippen LogP contribution in [0.1, 0.15) is 45.3 Å². The van der Waals surface area contributed by atoms with E-state index in [1.54, 1.807) is 4.90 Å². The number of hydrogen-bond donors (Lipinski definition) is 0. The monoisotopic (exact) mass is 319 g/mol. The molecule has 0 aromatic heterocycles. The third-order valence-corrected chi connectivity index (χ3v) is 4.20. The van der Waals surface area contributed by atoms with E-state index in [4.69, 9.17) is 14.2 Å². The first kappa shape index (κ1) is 16.3. The summed E-state index contributed by atoms with van der Waals surface area (Å²) in [5, 5.41) is 0. The predicted octanol–water partition coefficient (Wildman–Crippen LogP) is 3.50. The number of ether oxygens (including phenoxy) is 3. The molecule has 0 aliphatic carbocycles. The number of nitrogens with zero attached hydrogens (tertiary/aromatic N) is 1. The number of benzene rings is 1. The lowest BCUT2D eigenvalue weighted by molar-refractivity contribution is -0.193. The van der Waals surface area contributed by atoms with E-state index in [1.807, 2.05) is 39.0 Å². The molecule has 1 unspecified atom stereocenters. The van der Waals surface area contributed by atoms with Gasteiger partial charge in [-0.25, -0.2) is 4.79 Å². The molecule has 1 amide bonds. The Kier molecular flexibility index (Phi) is 4.34. The normalized spacial score (nSPS) is 24.0. The van der Waals surface area contributed by atoms with Crippen LogP contribution in [0.4, 0.5) is 4.79 Å². The number of carbonyl (C=O) groups excluding carboxylic acids is 1. The molecular formula is C18H25NO4. The fraction of sp³-hybridized carbons (Fsp3) is 0.611. The van der Waals surface area contributed by atoms with Crippen molar-refractivity contribution in [3.8, 4) is 0 Å². The van der Waals surface area contributed by atoms with Crippen molar-refractivity contribution in [1.82, 2.24) is 4.90 Å². The van der Waals surface area contributed by atoms with Gasteiger partial charge in [-0.2, -0.15) is 0 Å². The average Bonchev–Trinajstić information content (AvgIpc) is 2.91. The van der Waals surface area contributed by atoms with Crippen LogP contribution < -0.4 is 0 Å². The van der Waals surface area contributed by atoms with Gasteiger partial charge in [0.05, 0.1) is 6.61 Å². The quantitative estimate of drug-likeness (QED) is 0.795. The molecule has 3 rings (SSSR count). The number of likely N-dealkylation sites (tertiary alicyclic amines) is 1. The minimum absolute atomic E-state index is 0.0238. The first-order valence-electron chi connectivity index (χ1n) is 8.22. The maximum Gasteiger partial charge on any atom is 0.410 e. The smallest absolute Gasteiger partial charge is 0.410 e. The molecule has 0 saturated carbocycles. The SMILES string of the molecule is CC(C)(C)OC(=O)N1CCC2(CC1)OCC(c1ccccc1)O2. The van der Waals surface area contributed by atoms with Crippen molar-refractivity contribution in [2.75, 3.05) is 19.7 Å². The standard InChI is InChI=1S/C18H25NO4/c1-17(2,3)23-16(20)19-11-9-18(10-12-19)21-13-15(22-18)14-7-5-4-6-8-14/h4-8,15H,9-13H2,1-3H3. The van der Waals surface area contributed by atoms with Gasteiger partial charge in [0, 0.05) is 25.9 Å². The van der Waals surface area contributed by atoms with E-state index in [0.29, 0.717) is 32.5 Å². The summed E-state index contributed by atoms with van der Waals surface area (Å²) in [6.45, 7) is 7.39. The van der Waals surface area contributed by atoms with Crippen LogP contribution in [0, 0.1) is 0 Å². The van der Waals surface area contributed by atoms with Gasteiger partial charge in [-0.1, -0.05) is 30.3 Å². The van der Waals surface area contributed by atoms with Crippen LogP contribution in [0.2, 0.25) is 0 Å². The second-order valence-electron chi connectivity index (χ2n) is 7.21. The molecule has 1 atom stereocenters. The molecule has 5 nitrogen and oxygen atoms in total. The largest absolute Gasteiger partial charge is 0.444 e. The Morgan fingerprint density at radius 3 is 2.48 bits per heavy atom. The zero-order valence-electron chi connectivity index (χ0n) is 14.1. The lowest BCUT2D eigenvalue weighted by Crippen LogP contribution is -2.48. The van der Waals surface area contributed by atoms with Crippen LogP contribution in [-0.4, -0.2) is 42.1 Å². The van der Waals surface area contributed by atoms with E-state index < -0.39 is 11.4 Å². The highest BCUT2D eigenvalue weighted by molar-refractivity contribution is 5.68. The minimum Gasteiger partial charge on any atom is -0.444 e. The van der Waals surface area contributed by atoms with Gasteiger partial charge in [0.2, 0.25) is 0 Å². The van der Waals surface area contributed by atoms with E-state index in [-0.39, 0.29) is 12.2 Å². The summed E-state index contributed by atoms with van der Waals surface area (Å²) in [6, 6.07) is 10.1. The molecule has 2 heterocycles. The van der Waals surface area contributed by atoms with Crippen molar-refractivity contribution in [1.29, 1.82) is 0 Å². The molecule has 2 aliphatic heterocycles. The summed E-state index contributed by atoms with van der Waals surface area (Å²) in [5.41, 5.74) is 0.671. The molecule has 0 radical (unpaired) electrons. The minimum atomic E-state index is -0.557. The third-order valence-electron chi connectivity index (χ3n) is 4.20. The second-order valence-corrected chi connectivity index (χ2v) is 7.21. The summed E-state index contributed by atoms with van der Waals surface area (Å²) in [6.07, 6.45) is 1.07. The van der Waals surface area contributed by atoms with Gasteiger partial charge in [0.15, 0.2) is 5.79 Å². The van der Waals surface area contributed by atoms with Crippen LogP contribution >= 0.6 is 0 Å². The lowest BCUT2D eigenvalue weighted by Gasteiger charge is -2.38. The van der Waals surface area contributed by atoms with Crippen molar-refractivity contribution in [2.45, 2.75) is 51.1 Å². The first-order valence-corrected chi connectivity index (χ1v) is 8.22. The predicted molar refractivity (Wildman–Crippen MR) is 86.0 cm³/mol. The summed E-state index contributed by atoms with van der Waals surface area (Å²) in [7, 11) is 0. The summed E-state index contributed by atoms with van der Waals surface area (Å²) in [4.78, 5) is 13.9. The Bertz CT molecular complexity index is 544. The Morgan fingerprint density at radius 1 is 1.22 bits per heavy atom. The van der Waals surface area contributed by atoms with Gasteiger partial charge in [0.25, 0.3) is 0 Å². The molecule has 1 aromatic rings. The maximum atomic E-state index is 12.1. The van der Waals surface area contributed by atoms with Crippen LogP contribution in [0.25, 0.3) is 0 Å². The van der Waals surface area contributed by atoms with Crippen LogP contribution in [-0.2, 0) is 14.2 Å². The second kappa shape index (κ2) is 6.13. The van der Waals surface area contributed by atoms with Gasteiger partial charge in [-0.05, 0) is 26.3 Å². The Labute approximate surface area is 137 Å². The highest BCUT2D eigenvalue weighted by atomic mass is 16.7. The van der Waals surface area contributed by atoms with Gasteiger partial charge < -0.3 is 19.1 Å². The van der Waals surface area contributed by atoms with E-state index in [9.17, 15) is 4.79 Å². The fourth-order valence-corrected chi connectivity index (χ4v) is 3.01. The summed E-state index contributed by atoms with van der Waals surface area (Å²) < 4.78 is 17.6. The van der Waals surface area contributed by atoms with Gasteiger partial charge >= 0.3 is 6.09 Å². The van der Waals surface area contributed by atoms with Crippen molar-refractivity contribution >= 4 is 6.09 Å². The highest BCUT2D eigenvalue weighted by Gasteiger charge is 2.45. The summed E-state index contributed by atoms with van der Waals surface area (Å²) >= 11 is 0. The molecule has 0 N–H and O–H groups in total. The number of piperidine rings is 1. The first-order chi connectivity index (χ1) is 10.9. The van der Waals surface area contributed by atoms with Crippen LogP contribution in [0.5, 0.6) is 0 Å². The van der Waals surface area contributed by atoms with Crippen molar-refractivity contribution in [3.05, 3.63) is 35.9 Å². The van der Waals surface area contributed by atoms with E-state index >= 15 is 0 Å². The molecule has 1 aromatic carbocycles. The maximum absolute atomic E-state index is 12.1. The molecular weight excluding hydrogens is 294 g/mol. The Morgan fingerprint density at radius 2 is 1.87 bits per heavy atom. The molecule has 23 heavy (non-hydrogen) atoms. The zero-order chi connectivity index (χ0) is 16.5. The fourth-order valence-electron chi connectivity index (χ4n) is 3.01. The molecule has 2 aliphatic rings. The average molecular weight is 319 g/mol. The molecule has 126 valence electrons. The third kappa shape index (κ3) is 3.85. The number of hydrogen-bond acceptors (Lipinski definition) is 4. The lowest BCUT2D eigenvalue weighted by atomic mass is 10.0.